The van der Waals surface area contributed by atoms with Crippen LogP contribution in [0.25, 0.3) is 22.2 Å². The average Bonchev–Trinajstić information content (AvgIpc) is 3.43. The quantitative estimate of drug-likeness (QED) is 0.535. The van der Waals surface area contributed by atoms with Crippen molar-refractivity contribution in [3.05, 3.63) is 64.3 Å². The van der Waals surface area contributed by atoms with Crippen LogP contribution in [0.15, 0.2) is 41.2 Å². The van der Waals surface area contributed by atoms with Gasteiger partial charge in [-0.3, -0.25) is 0 Å². The van der Waals surface area contributed by atoms with Gasteiger partial charge in [0.2, 0.25) is 0 Å². The van der Waals surface area contributed by atoms with E-state index in [1.165, 1.54) is 0 Å². The van der Waals surface area contributed by atoms with Crippen LogP contribution in [0.2, 0.25) is 5.02 Å². The van der Waals surface area contributed by atoms with E-state index in [0.717, 1.165) is 70.0 Å². The number of H-pyrrole nitrogens is 1. The summed E-state index contributed by atoms with van der Waals surface area (Å²) in [5.41, 5.74) is 6.12. The lowest BCUT2D eigenvalue weighted by Gasteiger charge is -2.15. The summed E-state index contributed by atoms with van der Waals surface area (Å²) >= 11 is 6.47. The molecule has 0 saturated carbocycles. The molecule has 1 unspecified atom stereocenters. The molecular weight excluding hydrogens is 376 g/mol. The summed E-state index contributed by atoms with van der Waals surface area (Å²) in [6, 6.07) is 7.97. The molecule has 4 aromatic rings. The van der Waals surface area contributed by atoms with Crippen LogP contribution >= 0.6 is 11.6 Å². The first-order chi connectivity index (χ1) is 13.8. The fourth-order valence-electron chi connectivity index (χ4n) is 4.28. The summed E-state index contributed by atoms with van der Waals surface area (Å²) in [7, 11) is 0. The Labute approximate surface area is 165 Å². The second-order valence-electron chi connectivity index (χ2n) is 7.25. The van der Waals surface area contributed by atoms with Crippen molar-refractivity contribution in [3.8, 4) is 16.9 Å². The molecule has 0 amide bonds. The Bertz CT molecular complexity index is 1210. The van der Waals surface area contributed by atoms with Gasteiger partial charge < -0.3 is 19.6 Å². The summed E-state index contributed by atoms with van der Waals surface area (Å²) < 4.78 is 12.1. The summed E-state index contributed by atoms with van der Waals surface area (Å²) in [5, 5.41) is 9.39. The molecule has 6 rings (SSSR count). The highest BCUT2D eigenvalue weighted by Gasteiger charge is 2.34. The first-order valence-corrected chi connectivity index (χ1v) is 9.75. The molecule has 0 saturated heterocycles. The fraction of sp³-hybridized carbons (Fsp3) is 0.238. The predicted octanol–water partition coefficient (Wildman–Crippen LogP) is 4.19. The second-order valence-corrected chi connectivity index (χ2v) is 7.69. The van der Waals surface area contributed by atoms with E-state index in [1.54, 1.807) is 6.20 Å². The molecule has 2 aliphatic rings. The van der Waals surface area contributed by atoms with Crippen LogP contribution in [-0.2, 0) is 19.4 Å². The first kappa shape index (κ1) is 16.2. The van der Waals surface area contributed by atoms with Crippen molar-refractivity contribution in [1.29, 1.82) is 0 Å². The van der Waals surface area contributed by atoms with Crippen LogP contribution in [-0.4, -0.2) is 21.7 Å². The fourth-order valence-corrected chi connectivity index (χ4v) is 4.52. The molecule has 7 heteroatoms. The van der Waals surface area contributed by atoms with Crippen LogP contribution in [0.1, 0.15) is 28.7 Å². The Balaban J connectivity index is 1.46. The molecule has 0 radical (unpaired) electrons. The van der Waals surface area contributed by atoms with Crippen molar-refractivity contribution in [1.82, 2.24) is 20.4 Å². The molecule has 2 aliphatic heterocycles. The molecule has 0 fully saturated rings. The van der Waals surface area contributed by atoms with Crippen molar-refractivity contribution in [2.45, 2.75) is 25.5 Å². The highest BCUT2D eigenvalue weighted by atomic mass is 35.5. The van der Waals surface area contributed by atoms with Gasteiger partial charge in [0.25, 0.3) is 0 Å². The van der Waals surface area contributed by atoms with Gasteiger partial charge in [-0.25, -0.2) is 4.98 Å². The van der Waals surface area contributed by atoms with Gasteiger partial charge in [0.1, 0.15) is 11.4 Å². The maximum absolute atomic E-state index is 6.47. The zero-order chi connectivity index (χ0) is 18.7. The van der Waals surface area contributed by atoms with Crippen LogP contribution < -0.4 is 10.1 Å². The number of nitrogens with one attached hydrogen (secondary N) is 2. The van der Waals surface area contributed by atoms with E-state index in [1.807, 2.05) is 30.5 Å². The minimum atomic E-state index is -0.188. The third-order valence-corrected chi connectivity index (χ3v) is 5.80. The minimum absolute atomic E-state index is 0.188. The lowest BCUT2D eigenvalue weighted by molar-refractivity contribution is 0.189. The lowest BCUT2D eigenvalue weighted by Crippen LogP contribution is -2.24. The van der Waals surface area contributed by atoms with Gasteiger partial charge in [-0.05, 0) is 29.8 Å². The van der Waals surface area contributed by atoms with Crippen molar-refractivity contribution in [2.24, 2.45) is 0 Å². The lowest BCUT2D eigenvalue weighted by atomic mass is 9.98. The van der Waals surface area contributed by atoms with E-state index in [0.29, 0.717) is 11.4 Å². The Kier molecular flexibility index (Phi) is 3.51. The molecule has 140 valence electrons. The molecule has 0 bridgehead atoms. The Morgan fingerprint density at radius 3 is 3.11 bits per heavy atom. The normalized spacial score (nSPS) is 18.1. The van der Waals surface area contributed by atoms with E-state index in [2.05, 4.69) is 20.4 Å². The standard InChI is InChI=1S/C21H17ClN4O2/c22-12-7-11-8-18(20-16-10-23-4-3-17(16)26-28-20)27-19(11)15(9-12)13-1-5-24-21-14(13)2-6-25-21/h1-2,5-7,9,18,23H,3-4,8,10H2,(H,24,25). The zero-order valence-corrected chi connectivity index (χ0v) is 15.7. The van der Waals surface area contributed by atoms with Crippen molar-refractivity contribution >= 4 is 22.6 Å². The van der Waals surface area contributed by atoms with E-state index >= 15 is 0 Å². The Morgan fingerprint density at radius 2 is 2.14 bits per heavy atom. The summed E-state index contributed by atoms with van der Waals surface area (Å²) in [6.07, 6.45) is 5.10. The first-order valence-electron chi connectivity index (χ1n) is 9.37. The number of benzene rings is 1. The minimum Gasteiger partial charge on any atom is -0.481 e. The smallest absolute Gasteiger partial charge is 0.182 e. The molecule has 0 aliphatic carbocycles. The third-order valence-electron chi connectivity index (χ3n) is 5.58. The summed E-state index contributed by atoms with van der Waals surface area (Å²) in [4.78, 5) is 7.55. The number of ether oxygens (including phenoxy) is 1. The Hall–Kier alpha value is -2.83. The summed E-state index contributed by atoms with van der Waals surface area (Å²) in [5.74, 6) is 1.68. The van der Waals surface area contributed by atoms with Crippen LogP contribution in [0.3, 0.4) is 0 Å². The monoisotopic (exact) mass is 392 g/mol. The molecule has 6 nitrogen and oxygen atoms in total. The van der Waals surface area contributed by atoms with E-state index in [4.69, 9.17) is 20.9 Å². The number of pyridine rings is 1. The molecule has 1 atom stereocenters. The van der Waals surface area contributed by atoms with Crippen molar-refractivity contribution in [3.63, 3.8) is 0 Å². The van der Waals surface area contributed by atoms with Gasteiger partial charge in [-0.15, -0.1) is 0 Å². The SMILES string of the molecule is Clc1cc2c(c(-c3ccnc4[nH]ccc34)c1)OC(c1onc3c1CNCC3)C2. The van der Waals surface area contributed by atoms with Gasteiger partial charge in [-0.2, -0.15) is 0 Å². The maximum atomic E-state index is 6.47. The molecule has 28 heavy (non-hydrogen) atoms. The maximum Gasteiger partial charge on any atom is 0.182 e. The van der Waals surface area contributed by atoms with Crippen LogP contribution in [0.5, 0.6) is 5.75 Å². The number of aromatic amines is 1. The van der Waals surface area contributed by atoms with Gasteiger partial charge in [0.05, 0.1) is 5.69 Å². The third kappa shape index (κ3) is 2.38. The van der Waals surface area contributed by atoms with Crippen LogP contribution in [0, 0.1) is 0 Å². The molecule has 0 spiro atoms. The largest absolute Gasteiger partial charge is 0.481 e. The number of rotatable bonds is 2. The number of nitrogens with zero attached hydrogens (tertiary/aromatic N) is 2. The van der Waals surface area contributed by atoms with Gasteiger partial charge in [0, 0.05) is 65.4 Å². The number of fused-ring (bicyclic) bond motifs is 3. The highest BCUT2D eigenvalue weighted by molar-refractivity contribution is 6.31. The second kappa shape index (κ2) is 6.09. The number of aromatic nitrogens is 3. The summed E-state index contributed by atoms with van der Waals surface area (Å²) in [6.45, 7) is 1.70. The number of hydrogen-bond acceptors (Lipinski definition) is 5. The predicted molar refractivity (Wildman–Crippen MR) is 106 cm³/mol. The zero-order valence-electron chi connectivity index (χ0n) is 15.0. The molecule has 1 aromatic carbocycles. The Morgan fingerprint density at radius 1 is 1.18 bits per heavy atom. The molecule has 5 heterocycles. The van der Waals surface area contributed by atoms with E-state index < -0.39 is 0 Å². The van der Waals surface area contributed by atoms with Crippen molar-refractivity contribution in [2.75, 3.05) is 6.54 Å². The molecular formula is C21H17ClN4O2. The highest BCUT2D eigenvalue weighted by Crippen LogP contribution is 2.47. The van der Waals surface area contributed by atoms with Crippen LogP contribution in [0.4, 0.5) is 0 Å². The molecule has 3 aromatic heterocycles. The number of hydrogen-bond donors (Lipinski definition) is 2. The van der Waals surface area contributed by atoms with Gasteiger partial charge in [-0.1, -0.05) is 16.8 Å². The van der Waals surface area contributed by atoms with E-state index in [9.17, 15) is 0 Å². The van der Waals surface area contributed by atoms with Gasteiger partial charge in [0.15, 0.2) is 11.9 Å². The molecule has 2 N–H and O–H groups in total. The van der Waals surface area contributed by atoms with Crippen molar-refractivity contribution < 1.29 is 9.26 Å². The number of halogens is 1. The topological polar surface area (TPSA) is 76.0 Å². The average molecular weight is 393 g/mol. The van der Waals surface area contributed by atoms with Gasteiger partial charge >= 0.3 is 0 Å². The van der Waals surface area contributed by atoms with E-state index in [-0.39, 0.29) is 6.10 Å².